The minimum atomic E-state index is -0.457. The fraction of sp³-hybridized carbons (Fsp3) is 0.818. The molecule has 1 aliphatic heterocycles. The van der Waals surface area contributed by atoms with Crippen molar-refractivity contribution < 1.29 is 9.59 Å². The van der Waals surface area contributed by atoms with Gasteiger partial charge < -0.3 is 0 Å². The molecule has 0 aromatic rings. The van der Waals surface area contributed by atoms with Crippen molar-refractivity contribution in [2.75, 3.05) is 6.54 Å². The highest BCUT2D eigenvalue weighted by Crippen LogP contribution is 2.41. The van der Waals surface area contributed by atoms with Gasteiger partial charge in [0.25, 0.3) is 0 Å². The average molecular weight is 197 g/mol. The maximum atomic E-state index is 12.0. The first-order valence-electron chi connectivity index (χ1n) is 5.34. The molecule has 14 heavy (non-hydrogen) atoms. The van der Waals surface area contributed by atoms with Crippen LogP contribution in [0.1, 0.15) is 40.5 Å². The van der Waals surface area contributed by atoms with E-state index in [2.05, 4.69) is 0 Å². The number of likely N-dealkylation sites (tertiary alicyclic amines) is 1. The number of hydrogen-bond acceptors (Lipinski definition) is 2. The van der Waals surface area contributed by atoms with Gasteiger partial charge in [0.2, 0.25) is 11.8 Å². The largest absolute Gasteiger partial charge is 0.282 e. The molecule has 1 rings (SSSR count). The topological polar surface area (TPSA) is 37.4 Å². The zero-order valence-corrected chi connectivity index (χ0v) is 9.46. The van der Waals surface area contributed by atoms with Gasteiger partial charge in [-0.2, -0.15) is 0 Å². The van der Waals surface area contributed by atoms with Crippen molar-refractivity contribution in [2.45, 2.75) is 40.5 Å². The molecule has 0 aliphatic carbocycles. The minimum absolute atomic E-state index is 0.00606. The van der Waals surface area contributed by atoms with Crippen LogP contribution >= 0.6 is 0 Å². The van der Waals surface area contributed by atoms with Crippen molar-refractivity contribution in [1.29, 1.82) is 0 Å². The van der Waals surface area contributed by atoms with E-state index in [0.29, 0.717) is 6.54 Å². The summed E-state index contributed by atoms with van der Waals surface area (Å²) in [6.45, 7) is 8.18. The number of nitrogens with zero attached hydrogens (tertiary/aromatic N) is 1. The lowest BCUT2D eigenvalue weighted by molar-refractivity contribution is -0.141. The first-order chi connectivity index (χ1) is 6.49. The summed E-state index contributed by atoms with van der Waals surface area (Å²) in [5.74, 6) is -0.150. The van der Waals surface area contributed by atoms with Crippen LogP contribution in [0.4, 0.5) is 0 Å². The molecule has 2 amide bonds. The molecule has 0 aromatic carbocycles. The highest BCUT2D eigenvalue weighted by Gasteiger charge is 2.52. The molecule has 1 saturated heterocycles. The van der Waals surface area contributed by atoms with Crippen LogP contribution in [-0.4, -0.2) is 23.3 Å². The van der Waals surface area contributed by atoms with Crippen molar-refractivity contribution in [3.8, 4) is 0 Å². The molecule has 1 aliphatic rings. The van der Waals surface area contributed by atoms with E-state index in [-0.39, 0.29) is 17.7 Å². The number of carbonyl (C=O) groups excluding carboxylic acids is 2. The molecular weight excluding hydrogens is 178 g/mol. The Balaban J connectivity index is 2.99. The highest BCUT2D eigenvalue weighted by molar-refractivity contribution is 6.06. The lowest BCUT2D eigenvalue weighted by Gasteiger charge is -2.24. The third-order valence-electron chi connectivity index (χ3n) is 3.41. The molecule has 2 atom stereocenters. The standard InChI is InChI=1S/C11H19NO2/c1-5-7-11(4)8(3)9(13)12(6-2)10(11)14/h8H,5-7H2,1-4H3. The fourth-order valence-corrected chi connectivity index (χ4v) is 2.24. The van der Waals surface area contributed by atoms with Crippen LogP contribution in [0.2, 0.25) is 0 Å². The summed E-state index contributed by atoms with van der Waals surface area (Å²) >= 11 is 0. The van der Waals surface area contributed by atoms with Gasteiger partial charge in [-0.15, -0.1) is 0 Å². The summed E-state index contributed by atoms with van der Waals surface area (Å²) in [6, 6.07) is 0. The van der Waals surface area contributed by atoms with Gasteiger partial charge in [-0.3, -0.25) is 14.5 Å². The first kappa shape index (κ1) is 11.2. The lowest BCUT2D eigenvalue weighted by Crippen LogP contribution is -2.34. The van der Waals surface area contributed by atoms with Gasteiger partial charge in [-0.25, -0.2) is 0 Å². The molecule has 2 unspecified atom stereocenters. The van der Waals surface area contributed by atoms with E-state index in [4.69, 9.17) is 0 Å². The maximum absolute atomic E-state index is 12.0. The monoisotopic (exact) mass is 197 g/mol. The number of hydrogen-bond donors (Lipinski definition) is 0. The summed E-state index contributed by atoms with van der Waals surface area (Å²) < 4.78 is 0. The predicted octanol–water partition coefficient (Wildman–Crippen LogP) is 1.82. The molecule has 0 N–H and O–H groups in total. The van der Waals surface area contributed by atoms with E-state index in [1.807, 2.05) is 27.7 Å². The first-order valence-corrected chi connectivity index (χ1v) is 5.34. The molecule has 0 bridgehead atoms. The summed E-state index contributed by atoms with van der Waals surface area (Å²) in [6.07, 6.45) is 1.74. The Labute approximate surface area is 85.5 Å². The van der Waals surface area contributed by atoms with Gasteiger partial charge in [0.1, 0.15) is 0 Å². The van der Waals surface area contributed by atoms with Crippen LogP contribution in [0.5, 0.6) is 0 Å². The molecular formula is C11H19NO2. The van der Waals surface area contributed by atoms with Crippen molar-refractivity contribution in [3.63, 3.8) is 0 Å². The molecule has 0 spiro atoms. The Morgan fingerprint density at radius 1 is 1.36 bits per heavy atom. The zero-order chi connectivity index (χ0) is 10.9. The van der Waals surface area contributed by atoms with Crippen LogP contribution < -0.4 is 0 Å². The van der Waals surface area contributed by atoms with Crippen LogP contribution in [0.15, 0.2) is 0 Å². The van der Waals surface area contributed by atoms with E-state index in [9.17, 15) is 9.59 Å². The minimum Gasteiger partial charge on any atom is -0.282 e. The van der Waals surface area contributed by atoms with Crippen LogP contribution in [0.25, 0.3) is 0 Å². The smallest absolute Gasteiger partial charge is 0.235 e. The van der Waals surface area contributed by atoms with Crippen LogP contribution in [0, 0.1) is 11.3 Å². The molecule has 3 heteroatoms. The van der Waals surface area contributed by atoms with Crippen LogP contribution in [0.3, 0.4) is 0 Å². The molecule has 1 heterocycles. The van der Waals surface area contributed by atoms with Gasteiger partial charge in [-0.1, -0.05) is 20.3 Å². The second-order valence-corrected chi connectivity index (χ2v) is 4.28. The van der Waals surface area contributed by atoms with E-state index < -0.39 is 5.41 Å². The van der Waals surface area contributed by atoms with Gasteiger partial charge in [0.15, 0.2) is 0 Å². The van der Waals surface area contributed by atoms with E-state index >= 15 is 0 Å². The van der Waals surface area contributed by atoms with E-state index in [1.54, 1.807) is 0 Å². The molecule has 80 valence electrons. The molecule has 0 aromatic heterocycles. The SMILES string of the molecule is CCCC1(C)C(=O)N(CC)C(=O)C1C. The Kier molecular flexibility index (Phi) is 2.98. The molecule has 0 saturated carbocycles. The number of amides is 2. The number of rotatable bonds is 3. The van der Waals surface area contributed by atoms with Crippen molar-refractivity contribution >= 4 is 11.8 Å². The van der Waals surface area contributed by atoms with E-state index in [1.165, 1.54) is 4.90 Å². The summed E-state index contributed by atoms with van der Waals surface area (Å²) in [5.41, 5.74) is -0.457. The summed E-state index contributed by atoms with van der Waals surface area (Å²) in [4.78, 5) is 25.1. The predicted molar refractivity (Wildman–Crippen MR) is 54.6 cm³/mol. The van der Waals surface area contributed by atoms with Gasteiger partial charge in [-0.05, 0) is 20.3 Å². The Bertz CT molecular complexity index is 262. The molecule has 1 fully saturated rings. The van der Waals surface area contributed by atoms with Crippen molar-refractivity contribution in [3.05, 3.63) is 0 Å². The summed E-state index contributed by atoms with van der Waals surface area (Å²) in [5, 5.41) is 0. The van der Waals surface area contributed by atoms with Gasteiger partial charge in [0, 0.05) is 12.5 Å². The normalized spacial score (nSPS) is 32.9. The van der Waals surface area contributed by atoms with Crippen LogP contribution in [-0.2, 0) is 9.59 Å². The molecule has 0 radical (unpaired) electrons. The Morgan fingerprint density at radius 3 is 2.29 bits per heavy atom. The summed E-state index contributed by atoms with van der Waals surface area (Å²) in [7, 11) is 0. The lowest BCUT2D eigenvalue weighted by atomic mass is 9.76. The highest BCUT2D eigenvalue weighted by atomic mass is 16.2. The molecule has 3 nitrogen and oxygen atoms in total. The third kappa shape index (κ3) is 1.35. The Hall–Kier alpha value is -0.860. The Morgan fingerprint density at radius 2 is 1.93 bits per heavy atom. The third-order valence-corrected chi connectivity index (χ3v) is 3.41. The van der Waals surface area contributed by atoms with E-state index in [0.717, 1.165) is 12.8 Å². The quantitative estimate of drug-likeness (QED) is 0.647. The van der Waals surface area contributed by atoms with Crippen molar-refractivity contribution in [2.24, 2.45) is 11.3 Å². The van der Waals surface area contributed by atoms with Gasteiger partial charge in [0.05, 0.1) is 5.41 Å². The second kappa shape index (κ2) is 3.71. The maximum Gasteiger partial charge on any atom is 0.235 e. The zero-order valence-electron chi connectivity index (χ0n) is 9.46. The second-order valence-electron chi connectivity index (χ2n) is 4.28. The number of imide groups is 1. The van der Waals surface area contributed by atoms with Gasteiger partial charge >= 0.3 is 0 Å². The van der Waals surface area contributed by atoms with Crippen molar-refractivity contribution in [1.82, 2.24) is 4.90 Å². The average Bonchev–Trinajstić information content (AvgIpc) is 2.30. The number of carbonyl (C=O) groups is 2. The fourth-order valence-electron chi connectivity index (χ4n) is 2.24.